The van der Waals surface area contributed by atoms with Crippen LogP contribution in [0.5, 0.6) is 5.75 Å². The summed E-state index contributed by atoms with van der Waals surface area (Å²) in [5, 5.41) is 24.4. The number of aliphatic hydroxyl groups excluding tert-OH is 2. The summed E-state index contributed by atoms with van der Waals surface area (Å²) in [4.78, 5) is 35.5. The molecule has 1 aliphatic rings. The number of aliphatic hydroxyl groups is 2. The number of hydrogen-bond donors (Lipinski definition) is 4. The van der Waals surface area contributed by atoms with Crippen molar-refractivity contribution >= 4 is 35.6 Å². The lowest BCUT2D eigenvalue weighted by Gasteiger charge is -2.28. The molecule has 3 aromatic rings. The molecule has 15 heteroatoms. The Morgan fingerprint density at radius 3 is 2.66 bits per heavy atom. The number of carbonyl (C=O) groups excluding carboxylic acids is 1. The topological polar surface area (TPSA) is 170 Å². The second-order valence-corrected chi connectivity index (χ2v) is 12.2. The van der Waals surface area contributed by atoms with Gasteiger partial charge in [-0.3, -0.25) is 14.2 Å². The molecule has 4 N–H and O–H groups in total. The molecule has 6 atom stereocenters. The number of nitrogens with one attached hydrogen (secondary N) is 2. The van der Waals surface area contributed by atoms with Crippen LogP contribution in [0.2, 0.25) is 0 Å². The summed E-state index contributed by atoms with van der Waals surface area (Å²) >= 11 is 5.68. The highest BCUT2D eigenvalue weighted by Crippen LogP contribution is 2.46. The Morgan fingerprint density at radius 2 is 1.97 bits per heavy atom. The molecular weight excluding hydrogens is 537 g/mol. The number of carbonyl (C=O) groups is 1. The number of aromatic nitrogens is 4. The van der Waals surface area contributed by atoms with Gasteiger partial charge in [-0.25, -0.2) is 15.1 Å². The summed E-state index contributed by atoms with van der Waals surface area (Å²) < 4.78 is 24.4. The van der Waals surface area contributed by atoms with Crippen molar-refractivity contribution in [3.63, 3.8) is 0 Å². The lowest BCUT2D eigenvalue weighted by Crippen LogP contribution is -2.38. The van der Waals surface area contributed by atoms with Gasteiger partial charge in [-0.05, 0) is 51.6 Å². The van der Waals surface area contributed by atoms with Gasteiger partial charge in [-0.15, -0.1) is 0 Å². The normalized spacial score (nSPS) is 23.9. The Morgan fingerprint density at radius 1 is 1.26 bits per heavy atom. The first-order chi connectivity index (χ1) is 18.0. The molecule has 1 aromatic carbocycles. The third-order valence-corrected chi connectivity index (χ3v) is 8.10. The first-order valence-corrected chi connectivity index (χ1v) is 14.5. The van der Waals surface area contributed by atoms with Gasteiger partial charge in [0.1, 0.15) is 35.9 Å². The van der Waals surface area contributed by atoms with Crippen LogP contribution in [0.15, 0.2) is 41.5 Å². The number of ether oxygens (including phenoxy) is 2. The maximum Gasteiger partial charge on any atom is 0.323 e. The van der Waals surface area contributed by atoms with Crippen molar-refractivity contribution in [3.8, 4) is 5.75 Å². The number of hydrogen-bond acceptors (Lipinski definition) is 11. The van der Waals surface area contributed by atoms with Gasteiger partial charge in [-0.2, -0.15) is 0 Å². The van der Waals surface area contributed by atoms with E-state index < -0.39 is 48.8 Å². The molecule has 1 saturated heterocycles. The highest BCUT2D eigenvalue weighted by atomic mass is 32.5. The number of aromatic amines is 1. The van der Waals surface area contributed by atoms with E-state index in [0.29, 0.717) is 11.6 Å². The Hall–Kier alpha value is -2.71. The van der Waals surface area contributed by atoms with E-state index in [4.69, 9.17) is 30.3 Å². The molecular formula is C23H30N5O8PS. The predicted molar refractivity (Wildman–Crippen MR) is 140 cm³/mol. The molecule has 38 heavy (non-hydrogen) atoms. The number of H-pyrrole nitrogens is 1. The highest BCUT2D eigenvalue weighted by Gasteiger charge is 2.45. The molecule has 206 valence electrons. The van der Waals surface area contributed by atoms with E-state index >= 15 is 0 Å². The number of nitrogens with zero attached hydrogens (tertiary/aromatic N) is 3. The van der Waals surface area contributed by atoms with Gasteiger partial charge < -0.3 is 33.7 Å². The van der Waals surface area contributed by atoms with E-state index in [1.54, 1.807) is 52.0 Å². The van der Waals surface area contributed by atoms with Crippen molar-refractivity contribution in [3.05, 3.63) is 52.8 Å². The van der Waals surface area contributed by atoms with Gasteiger partial charge in [0.2, 0.25) is 0 Å². The van der Waals surface area contributed by atoms with Gasteiger partial charge in [0.25, 0.3) is 5.56 Å². The number of rotatable bonds is 10. The van der Waals surface area contributed by atoms with Crippen molar-refractivity contribution in [2.24, 2.45) is 0 Å². The second-order valence-electron chi connectivity index (χ2n) is 9.06. The smallest absolute Gasteiger partial charge is 0.323 e. The van der Waals surface area contributed by atoms with Crippen molar-refractivity contribution in [1.29, 1.82) is 0 Å². The van der Waals surface area contributed by atoms with E-state index in [0.717, 1.165) is 0 Å². The summed E-state index contributed by atoms with van der Waals surface area (Å²) in [6, 6.07) is 7.83. The molecule has 4 rings (SSSR count). The average molecular weight is 568 g/mol. The molecule has 0 aliphatic carbocycles. The van der Waals surface area contributed by atoms with Crippen molar-refractivity contribution < 1.29 is 33.5 Å². The van der Waals surface area contributed by atoms with E-state index in [2.05, 4.69) is 20.0 Å². The Kier molecular flexibility index (Phi) is 8.62. The Bertz CT molecular complexity index is 1380. The summed E-state index contributed by atoms with van der Waals surface area (Å²) in [5.74, 6) is 0.231. The van der Waals surface area contributed by atoms with E-state index in [-0.39, 0.29) is 23.9 Å². The quantitative estimate of drug-likeness (QED) is 0.205. The fourth-order valence-corrected chi connectivity index (χ4v) is 6.24. The fraction of sp³-hybridized carbons (Fsp3) is 0.478. The number of aryl methyl sites for hydroxylation is 1. The minimum absolute atomic E-state index is 0.0684. The molecule has 2 aromatic heterocycles. The van der Waals surface area contributed by atoms with Gasteiger partial charge in [0, 0.05) is 0 Å². The SMILES string of the molecule is Cc1nc2c(ncn2[C@@H]2O[C@H](COP(=S)(NC(C)C(=O)OC(C)C)Oc3ccccc3)C(O)C2O)c(=O)[nH]1. The number of esters is 1. The summed E-state index contributed by atoms with van der Waals surface area (Å²) in [7, 11) is 0. The van der Waals surface area contributed by atoms with Crippen LogP contribution in [0.25, 0.3) is 11.2 Å². The molecule has 0 radical (unpaired) electrons. The lowest BCUT2D eigenvalue weighted by atomic mass is 10.1. The van der Waals surface area contributed by atoms with E-state index in [9.17, 15) is 19.8 Å². The largest absolute Gasteiger partial charge is 0.462 e. The van der Waals surface area contributed by atoms with Crippen LogP contribution in [0, 0.1) is 6.92 Å². The summed E-state index contributed by atoms with van der Waals surface area (Å²) in [6.45, 7) is 2.97. The number of imidazole rings is 1. The Labute approximate surface area is 223 Å². The highest BCUT2D eigenvalue weighted by molar-refractivity contribution is 8.09. The van der Waals surface area contributed by atoms with Crippen LogP contribution in [-0.2, 0) is 30.6 Å². The minimum atomic E-state index is -3.39. The third-order valence-electron chi connectivity index (χ3n) is 5.60. The lowest BCUT2D eigenvalue weighted by molar-refractivity contribution is -0.149. The molecule has 13 nitrogen and oxygen atoms in total. The van der Waals surface area contributed by atoms with Gasteiger partial charge in [0.05, 0.1) is 19.0 Å². The minimum Gasteiger partial charge on any atom is -0.462 e. The average Bonchev–Trinajstić information content (AvgIpc) is 3.39. The zero-order chi connectivity index (χ0) is 27.6. The van der Waals surface area contributed by atoms with E-state index in [1.165, 1.54) is 10.9 Å². The van der Waals surface area contributed by atoms with Crippen LogP contribution < -0.4 is 15.2 Å². The van der Waals surface area contributed by atoms with Crippen LogP contribution in [-0.4, -0.2) is 72.8 Å². The fourth-order valence-electron chi connectivity index (χ4n) is 3.82. The Balaban J connectivity index is 1.52. The maximum absolute atomic E-state index is 12.4. The van der Waals surface area contributed by atoms with Gasteiger partial charge in [0.15, 0.2) is 17.4 Å². The number of fused-ring (bicyclic) bond motifs is 1. The molecule has 1 fully saturated rings. The molecule has 0 bridgehead atoms. The third kappa shape index (κ3) is 6.29. The maximum atomic E-state index is 12.4. The number of benzene rings is 1. The molecule has 0 saturated carbocycles. The van der Waals surface area contributed by atoms with Gasteiger partial charge in [-0.1, -0.05) is 18.2 Å². The second kappa shape index (κ2) is 11.6. The van der Waals surface area contributed by atoms with Gasteiger partial charge >= 0.3 is 12.6 Å². The standard InChI is InChI=1S/C23H30N5O8PS/c1-12(2)34-23(32)13(3)27-37(38,36-15-8-6-5-7-9-15)33-10-16-18(29)19(30)22(35-16)28-11-24-17-20(28)25-14(4)26-21(17)31/h5-9,11-13,16,18-19,22,29-30H,10H2,1-4H3,(H,27,38)(H,25,26,31)/t13?,16-,18?,19?,22-,37?/m1/s1. The van der Waals surface area contributed by atoms with Crippen LogP contribution in [0.3, 0.4) is 0 Å². The summed E-state index contributed by atoms with van der Waals surface area (Å²) in [5.41, 5.74) is -0.173. The monoisotopic (exact) mass is 567 g/mol. The van der Waals surface area contributed by atoms with E-state index in [1.807, 2.05) is 6.07 Å². The number of para-hydroxylation sites is 1. The first kappa shape index (κ1) is 28.3. The van der Waals surface area contributed by atoms with Crippen LogP contribution in [0.4, 0.5) is 0 Å². The molecule has 3 heterocycles. The zero-order valence-electron chi connectivity index (χ0n) is 21.2. The molecule has 1 aliphatic heterocycles. The molecule has 0 spiro atoms. The first-order valence-electron chi connectivity index (χ1n) is 11.9. The van der Waals surface area contributed by atoms with Crippen molar-refractivity contribution in [2.45, 2.75) is 64.4 Å². The van der Waals surface area contributed by atoms with Crippen molar-refractivity contribution in [2.75, 3.05) is 6.61 Å². The predicted octanol–water partition coefficient (Wildman–Crippen LogP) is 1.30. The zero-order valence-corrected chi connectivity index (χ0v) is 22.9. The molecule has 4 unspecified atom stereocenters. The molecule has 0 amide bonds. The summed E-state index contributed by atoms with van der Waals surface area (Å²) in [6.07, 6.45) is -3.90. The van der Waals surface area contributed by atoms with Crippen molar-refractivity contribution in [1.82, 2.24) is 24.6 Å². The van der Waals surface area contributed by atoms with Crippen LogP contribution in [0.1, 0.15) is 32.8 Å². The van der Waals surface area contributed by atoms with Crippen LogP contribution >= 0.6 is 6.64 Å².